The molecule has 0 saturated carbocycles. The first-order chi connectivity index (χ1) is 11.3. The van der Waals surface area contributed by atoms with Crippen LogP contribution < -0.4 is 0 Å². The van der Waals surface area contributed by atoms with E-state index in [-0.39, 0.29) is 11.8 Å². The van der Waals surface area contributed by atoms with E-state index in [9.17, 15) is 4.79 Å². The maximum absolute atomic E-state index is 13.2. The van der Waals surface area contributed by atoms with Gasteiger partial charge in [0.25, 0.3) is 0 Å². The molecule has 118 valence electrons. The quantitative estimate of drug-likeness (QED) is 0.871. The van der Waals surface area contributed by atoms with Crippen molar-refractivity contribution < 1.29 is 9.53 Å². The van der Waals surface area contributed by atoms with Crippen molar-refractivity contribution in [2.24, 2.45) is 5.92 Å². The van der Waals surface area contributed by atoms with E-state index in [0.717, 1.165) is 37.2 Å². The molecule has 1 saturated heterocycles. The minimum absolute atomic E-state index is 0.149. The summed E-state index contributed by atoms with van der Waals surface area (Å²) in [5.74, 6) is 0.556. The van der Waals surface area contributed by atoms with Crippen LogP contribution in [0.4, 0.5) is 0 Å². The fraction of sp³-hybridized carbons (Fsp3) is 0.350. The number of rotatable bonds is 3. The van der Waals surface area contributed by atoms with Crippen LogP contribution in [0.25, 0.3) is 11.1 Å². The topological polar surface area (TPSA) is 29.5 Å². The normalized spacial score (nSPS) is 19.7. The third-order valence-corrected chi connectivity index (χ3v) is 5.08. The van der Waals surface area contributed by atoms with Crippen LogP contribution in [0.2, 0.25) is 0 Å². The van der Waals surface area contributed by atoms with E-state index in [4.69, 9.17) is 4.74 Å². The largest absolute Gasteiger partial charge is 0.384 e. The number of fused-ring (bicyclic) bond motifs is 3. The first kappa shape index (κ1) is 14.5. The highest BCUT2D eigenvalue weighted by Crippen LogP contribution is 2.45. The zero-order chi connectivity index (χ0) is 15.8. The van der Waals surface area contributed by atoms with Gasteiger partial charge in [-0.05, 0) is 28.7 Å². The molecular weight excluding hydrogens is 286 g/mol. The first-order valence-electron chi connectivity index (χ1n) is 8.25. The number of nitrogens with zero attached hydrogens (tertiary/aromatic N) is 1. The Kier molecular flexibility index (Phi) is 3.66. The highest BCUT2D eigenvalue weighted by molar-refractivity contribution is 5.96. The van der Waals surface area contributed by atoms with Gasteiger partial charge in [0.05, 0.1) is 12.5 Å². The third kappa shape index (κ3) is 2.36. The third-order valence-electron chi connectivity index (χ3n) is 5.08. The lowest BCUT2D eigenvalue weighted by Gasteiger charge is -2.22. The Bertz CT molecular complexity index is 694. The summed E-state index contributed by atoms with van der Waals surface area (Å²) in [5.41, 5.74) is 4.70. The standard InChI is InChI=1S/C20H21NO2/c1-23-13-14-10-11-21(12-14)20(22)19-17-8-4-2-6-15(17)16-7-3-5-9-18(16)19/h2-9,14,19H,10-13H2,1H3. The summed E-state index contributed by atoms with van der Waals surface area (Å²) in [5, 5.41) is 0. The van der Waals surface area contributed by atoms with Crippen LogP contribution in [0, 0.1) is 5.92 Å². The van der Waals surface area contributed by atoms with Gasteiger partial charge in [0.1, 0.15) is 0 Å². The summed E-state index contributed by atoms with van der Waals surface area (Å²) in [6.45, 7) is 2.39. The van der Waals surface area contributed by atoms with Crippen LogP contribution in [-0.4, -0.2) is 37.6 Å². The zero-order valence-electron chi connectivity index (χ0n) is 13.4. The Morgan fingerprint density at radius 2 is 1.70 bits per heavy atom. The Morgan fingerprint density at radius 3 is 2.30 bits per heavy atom. The van der Waals surface area contributed by atoms with Crippen LogP contribution in [0.15, 0.2) is 48.5 Å². The molecule has 23 heavy (non-hydrogen) atoms. The van der Waals surface area contributed by atoms with Crippen molar-refractivity contribution in [2.45, 2.75) is 12.3 Å². The molecule has 0 aromatic heterocycles. The molecule has 1 aliphatic heterocycles. The first-order valence-corrected chi connectivity index (χ1v) is 8.25. The number of hydrogen-bond acceptors (Lipinski definition) is 2. The lowest BCUT2D eigenvalue weighted by atomic mass is 9.95. The highest BCUT2D eigenvalue weighted by atomic mass is 16.5. The van der Waals surface area contributed by atoms with E-state index in [1.807, 2.05) is 29.2 Å². The minimum Gasteiger partial charge on any atom is -0.384 e. The molecule has 2 aliphatic rings. The van der Waals surface area contributed by atoms with Gasteiger partial charge < -0.3 is 9.64 Å². The molecule has 4 rings (SSSR count). The predicted molar refractivity (Wildman–Crippen MR) is 90.3 cm³/mol. The fourth-order valence-corrected chi connectivity index (χ4v) is 4.01. The van der Waals surface area contributed by atoms with E-state index in [0.29, 0.717) is 5.92 Å². The highest BCUT2D eigenvalue weighted by Gasteiger charge is 2.38. The SMILES string of the molecule is COCC1CCN(C(=O)C2c3ccccc3-c3ccccc32)C1. The Hall–Kier alpha value is -2.13. The molecule has 0 N–H and O–H groups in total. The van der Waals surface area contributed by atoms with Gasteiger partial charge in [-0.1, -0.05) is 48.5 Å². The van der Waals surface area contributed by atoms with Gasteiger partial charge in [-0.25, -0.2) is 0 Å². The molecule has 1 fully saturated rings. The van der Waals surface area contributed by atoms with Crippen molar-refractivity contribution in [3.05, 3.63) is 59.7 Å². The second kappa shape index (κ2) is 5.82. The summed E-state index contributed by atoms with van der Waals surface area (Å²) in [6, 6.07) is 16.6. The fourth-order valence-electron chi connectivity index (χ4n) is 4.01. The average Bonchev–Trinajstić information content (AvgIpc) is 3.17. The smallest absolute Gasteiger partial charge is 0.234 e. The Balaban J connectivity index is 1.68. The molecule has 1 heterocycles. The van der Waals surface area contributed by atoms with E-state index >= 15 is 0 Å². The zero-order valence-corrected chi connectivity index (χ0v) is 13.4. The lowest BCUT2D eigenvalue weighted by molar-refractivity contribution is -0.130. The van der Waals surface area contributed by atoms with Gasteiger partial charge in [-0.15, -0.1) is 0 Å². The van der Waals surface area contributed by atoms with Crippen LogP contribution in [0.3, 0.4) is 0 Å². The van der Waals surface area contributed by atoms with Gasteiger partial charge in [-0.2, -0.15) is 0 Å². The van der Waals surface area contributed by atoms with Gasteiger partial charge in [-0.3, -0.25) is 4.79 Å². The van der Waals surface area contributed by atoms with Gasteiger partial charge in [0.15, 0.2) is 0 Å². The molecule has 1 amide bonds. The van der Waals surface area contributed by atoms with Crippen LogP contribution in [0.1, 0.15) is 23.5 Å². The van der Waals surface area contributed by atoms with E-state index < -0.39 is 0 Å². The molecule has 1 unspecified atom stereocenters. The number of hydrogen-bond donors (Lipinski definition) is 0. The molecular formula is C20H21NO2. The summed E-state index contributed by atoms with van der Waals surface area (Å²) in [4.78, 5) is 15.2. The number of amides is 1. The summed E-state index contributed by atoms with van der Waals surface area (Å²) >= 11 is 0. The number of likely N-dealkylation sites (tertiary alicyclic amines) is 1. The summed E-state index contributed by atoms with van der Waals surface area (Å²) in [7, 11) is 1.73. The van der Waals surface area contributed by atoms with Crippen molar-refractivity contribution >= 4 is 5.91 Å². The maximum Gasteiger partial charge on any atom is 0.234 e. The number of carbonyl (C=O) groups excluding carboxylic acids is 1. The van der Waals surface area contributed by atoms with Crippen LogP contribution in [-0.2, 0) is 9.53 Å². The summed E-state index contributed by atoms with van der Waals surface area (Å²) < 4.78 is 5.25. The molecule has 0 bridgehead atoms. The van der Waals surface area contributed by atoms with Crippen molar-refractivity contribution in [1.29, 1.82) is 0 Å². The van der Waals surface area contributed by atoms with Crippen molar-refractivity contribution in [1.82, 2.24) is 4.90 Å². The van der Waals surface area contributed by atoms with E-state index in [1.54, 1.807) is 7.11 Å². The van der Waals surface area contributed by atoms with Gasteiger partial charge >= 0.3 is 0 Å². The minimum atomic E-state index is -0.149. The molecule has 2 aromatic carbocycles. The second-order valence-corrected chi connectivity index (χ2v) is 6.50. The second-order valence-electron chi connectivity index (χ2n) is 6.50. The molecule has 1 atom stereocenters. The van der Waals surface area contributed by atoms with Crippen molar-refractivity contribution in [3.8, 4) is 11.1 Å². The van der Waals surface area contributed by atoms with E-state index in [1.165, 1.54) is 11.1 Å². The number of ether oxygens (including phenoxy) is 1. The Morgan fingerprint density at radius 1 is 1.09 bits per heavy atom. The summed E-state index contributed by atoms with van der Waals surface area (Å²) in [6.07, 6.45) is 1.04. The van der Waals surface area contributed by atoms with Crippen molar-refractivity contribution in [2.75, 3.05) is 26.8 Å². The number of methoxy groups -OCH3 is 1. The Labute approximate surface area is 136 Å². The van der Waals surface area contributed by atoms with Crippen molar-refractivity contribution in [3.63, 3.8) is 0 Å². The monoisotopic (exact) mass is 307 g/mol. The van der Waals surface area contributed by atoms with Gasteiger partial charge in [0, 0.05) is 26.1 Å². The maximum atomic E-state index is 13.2. The molecule has 0 spiro atoms. The average molecular weight is 307 g/mol. The van der Waals surface area contributed by atoms with E-state index in [2.05, 4.69) is 24.3 Å². The number of carbonyl (C=O) groups is 1. The molecule has 3 heteroatoms. The molecule has 3 nitrogen and oxygen atoms in total. The molecule has 1 aliphatic carbocycles. The lowest BCUT2D eigenvalue weighted by Crippen LogP contribution is -2.33. The predicted octanol–water partition coefficient (Wildman–Crippen LogP) is 3.29. The number of benzene rings is 2. The van der Waals surface area contributed by atoms with Gasteiger partial charge in [0.2, 0.25) is 5.91 Å². The van der Waals surface area contributed by atoms with Crippen LogP contribution in [0.5, 0.6) is 0 Å². The van der Waals surface area contributed by atoms with Crippen LogP contribution >= 0.6 is 0 Å². The molecule has 2 aromatic rings. The molecule has 0 radical (unpaired) electrons.